The Morgan fingerprint density at radius 1 is 1.24 bits per heavy atom. The number of nitrogens with one attached hydrogen (secondary N) is 1. The fraction of sp³-hybridized carbons (Fsp3) is 0.267. The second-order valence-electron chi connectivity index (χ2n) is 4.58. The molecule has 0 spiro atoms. The maximum absolute atomic E-state index is 11.8. The SMILES string of the molecule is Cc1ccc(CSCCNC(=O)c2nccnc2N)cc1. The van der Waals surface area contributed by atoms with E-state index in [1.807, 2.05) is 0 Å². The number of hydrogen-bond acceptors (Lipinski definition) is 5. The van der Waals surface area contributed by atoms with Gasteiger partial charge in [-0.15, -0.1) is 0 Å². The molecular weight excluding hydrogens is 284 g/mol. The Morgan fingerprint density at radius 3 is 2.67 bits per heavy atom. The molecular formula is C15H18N4OS. The van der Waals surface area contributed by atoms with Crippen LogP contribution < -0.4 is 11.1 Å². The van der Waals surface area contributed by atoms with Gasteiger partial charge in [-0.3, -0.25) is 4.79 Å². The van der Waals surface area contributed by atoms with Gasteiger partial charge in [-0.2, -0.15) is 11.8 Å². The highest BCUT2D eigenvalue weighted by atomic mass is 32.2. The number of carbonyl (C=O) groups is 1. The number of hydrogen-bond donors (Lipinski definition) is 2. The average molecular weight is 302 g/mol. The van der Waals surface area contributed by atoms with Gasteiger partial charge in [0.25, 0.3) is 5.91 Å². The van der Waals surface area contributed by atoms with Gasteiger partial charge < -0.3 is 11.1 Å². The molecule has 0 radical (unpaired) electrons. The molecule has 0 fully saturated rings. The molecule has 0 aliphatic carbocycles. The predicted octanol–water partition coefficient (Wildman–Crippen LogP) is 2.03. The summed E-state index contributed by atoms with van der Waals surface area (Å²) >= 11 is 1.77. The second kappa shape index (κ2) is 7.64. The number of rotatable bonds is 6. The smallest absolute Gasteiger partial charge is 0.273 e. The maximum atomic E-state index is 11.8. The molecule has 21 heavy (non-hydrogen) atoms. The molecule has 2 aromatic rings. The van der Waals surface area contributed by atoms with Gasteiger partial charge in [-0.25, -0.2) is 9.97 Å². The van der Waals surface area contributed by atoms with Crippen LogP contribution in [0.1, 0.15) is 21.6 Å². The van der Waals surface area contributed by atoms with Gasteiger partial charge in [0.2, 0.25) is 0 Å². The normalized spacial score (nSPS) is 10.3. The third-order valence-corrected chi connectivity index (χ3v) is 3.89. The molecule has 1 aromatic carbocycles. The zero-order chi connectivity index (χ0) is 15.1. The van der Waals surface area contributed by atoms with Gasteiger partial charge in [-0.05, 0) is 12.5 Å². The minimum Gasteiger partial charge on any atom is -0.382 e. The molecule has 0 saturated carbocycles. The molecule has 3 N–H and O–H groups in total. The fourth-order valence-electron chi connectivity index (χ4n) is 1.72. The van der Waals surface area contributed by atoms with Crippen molar-refractivity contribution in [1.82, 2.24) is 15.3 Å². The van der Waals surface area contributed by atoms with Crippen molar-refractivity contribution in [2.45, 2.75) is 12.7 Å². The Kier molecular flexibility index (Phi) is 5.57. The first-order valence-corrected chi connectivity index (χ1v) is 7.80. The number of carbonyl (C=O) groups excluding carboxylic acids is 1. The highest BCUT2D eigenvalue weighted by molar-refractivity contribution is 7.98. The minimum atomic E-state index is -0.281. The summed E-state index contributed by atoms with van der Waals surface area (Å²) < 4.78 is 0. The highest BCUT2D eigenvalue weighted by Crippen LogP contribution is 2.12. The molecule has 110 valence electrons. The van der Waals surface area contributed by atoms with E-state index in [4.69, 9.17) is 5.73 Å². The van der Waals surface area contributed by atoms with E-state index in [0.29, 0.717) is 6.54 Å². The third-order valence-electron chi connectivity index (χ3n) is 2.86. The highest BCUT2D eigenvalue weighted by Gasteiger charge is 2.10. The Morgan fingerprint density at radius 2 is 1.95 bits per heavy atom. The number of anilines is 1. The van der Waals surface area contributed by atoms with E-state index >= 15 is 0 Å². The van der Waals surface area contributed by atoms with Crippen LogP contribution in [0.5, 0.6) is 0 Å². The first kappa shape index (κ1) is 15.3. The van der Waals surface area contributed by atoms with Crippen LogP contribution in [-0.4, -0.2) is 28.2 Å². The molecule has 1 aromatic heterocycles. The third kappa shape index (κ3) is 4.75. The van der Waals surface area contributed by atoms with Gasteiger partial charge in [0.05, 0.1) is 0 Å². The molecule has 0 unspecified atom stereocenters. The molecule has 0 aliphatic rings. The van der Waals surface area contributed by atoms with Crippen LogP contribution in [0.15, 0.2) is 36.7 Å². The standard InChI is InChI=1S/C15H18N4OS/c1-11-2-4-12(5-3-11)10-21-9-8-19-15(20)13-14(16)18-7-6-17-13/h2-7H,8-10H2,1H3,(H2,16,18)(H,19,20). The number of aryl methyl sites for hydroxylation is 1. The van der Waals surface area contributed by atoms with Crippen LogP contribution in [0.2, 0.25) is 0 Å². The fourth-order valence-corrected chi connectivity index (χ4v) is 2.54. The molecule has 1 amide bonds. The summed E-state index contributed by atoms with van der Waals surface area (Å²) in [7, 11) is 0. The van der Waals surface area contributed by atoms with Crippen LogP contribution in [-0.2, 0) is 5.75 Å². The number of nitrogens with zero attached hydrogens (tertiary/aromatic N) is 2. The van der Waals surface area contributed by atoms with E-state index < -0.39 is 0 Å². The van der Waals surface area contributed by atoms with Crippen LogP contribution in [0.3, 0.4) is 0 Å². The summed E-state index contributed by atoms with van der Waals surface area (Å²) in [4.78, 5) is 19.6. The summed E-state index contributed by atoms with van der Waals surface area (Å²) in [5.74, 6) is 1.64. The van der Waals surface area contributed by atoms with Crippen LogP contribution in [0, 0.1) is 6.92 Å². The minimum absolute atomic E-state index is 0.155. The lowest BCUT2D eigenvalue weighted by atomic mass is 10.2. The van der Waals surface area contributed by atoms with Gasteiger partial charge in [-0.1, -0.05) is 29.8 Å². The number of nitrogens with two attached hydrogens (primary N) is 1. The molecule has 5 nitrogen and oxygen atoms in total. The van der Waals surface area contributed by atoms with E-state index in [0.717, 1.165) is 11.5 Å². The molecule has 0 bridgehead atoms. The summed E-state index contributed by atoms with van der Waals surface area (Å²) in [5, 5.41) is 2.79. The van der Waals surface area contributed by atoms with Gasteiger partial charge in [0.1, 0.15) is 0 Å². The zero-order valence-corrected chi connectivity index (χ0v) is 12.7. The summed E-state index contributed by atoms with van der Waals surface area (Å²) in [6, 6.07) is 8.46. The molecule has 0 aliphatic heterocycles. The van der Waals surface area contributed by atoms with Crippen molar-refractivity contribution >= 4 is 23.5 Å². The van der Waals surface area contributed by atoms with Crippen molar-refractivity contribution in [3.63, 3.8) is 0 Å². The molecule has 0 atom stereocenters. The van der Waals surface area contributed by atoms with Crippen molar-refractivity contribution in [3.8, 4) is 0 Å². The van der Waals surface area contributed by atoms with Gasteiger partial charge in [0.15, 0.2) is 11.5 Å². The molecule has 2 rings (SSSR count). The number of aromatic nitrogens is 2. The van der Waals surface area contributed by atoms with Crippen LogP contribution in [0.4, 0.5) is 5.82 Å². The summed E-state index contributed by atoms with van der Waals surface area (Å²) in [6.45, 7) is 2.65. The first-order chi connectivity index (χ1) is 10.2. The van der Waals surface area contributed by atoms with E-state index in [9.17, 15) is 4.79 Å². The maximum Gasteiger partial charge on any atom is 0.273 e. The molecule has 0 saturated heterocycles. The monoisotopic (exact) mass is 302 g/mol. The quantitative estimate of drug-likeness (QED) is 0.798. The van der Waals surface area contributed by atoms with Gasteiger partial charge in [0, 0.05) is 30.4 Å². The summed E-state index contributed by atoms with van der Waals surface area (Å²) in [6.07, 6.45) is 2.92. The first-order valence-electron chi connectivity index (χ1n) is 6.65. The van der Waals surface area contributed by atoms with E-state index in [2.05, 4.69) is 46.5 Å². The zero-order valence-electron chi connectivity index (χ0n) is 11.9. The van der Waals surface area contributed by atoms with Crippen LogP contribution in [0.25, 0.3) is 0 Å². The second-order valence-corrected chi connectivity index (χ2v) is 5.69. The number of nitrogen functional groups attached to an aromatic ring is 1. The van der Waals surface area contributed by atoms with Crippen molar-refractivity contribution in [3.05, 3.63) is 53.5 Å². The summed E-state index contributed by atoms with van der Waals surface area (Å²) in [5.41, 5.74) is 8.33. The largest absolute Gasteiger partial charge is 0.382 e. The Balaban J connectivity index is 1.69. The van der Waals surface area contributed by atoms with Crippen molar-refractivity contribution < 1.29 is 4.79 Å². The van der Waals surface area contributed by atoms with Crippen LogP contribution >= 0.6 is 11.8 Å². The predicted molar refractivity (Wildman–Crippen MR) is 86.1 cm³/mol. The van der Waals surface area contributed by atoms with Crippen molar-refractivity contribution in [2.24, 2.45) is 0 Å². The molecule has 6 heteroatoms. The number of amides is 1. The van der Waals surface area contributed by atoms with Crippen molar-refractivity contribution in [2.75, 3.05) is 18.0 Å². The van der Waals surface area contributed by atoms with E-state index in [-0.39, 0.29) is 17.4 Å². The average Bonchev–Trinajstić information content (AvgIpc) is 2.49. The number of thioether (sulfide) groups is 1. The van der Waals surface area contributed by atoms with E-state index in [1.165, 1.54) is 23.5 Å². The lowest BCUT2D eigenvalue weighted by Gasteiger charge is -2.06. The van der Waals surface area contributed by atoms with Crippen molar-refractivity contribution in [1.29, 1.82) is 0 Å². The number of benzene rings is 1. The lowest BCUT2D eigenvalue weighted by molar-refractivity contribution is 0.0952. The van der Waals surface area contributed by atoms with E-state index in [1.54, 1.807) is 11.8 Å². The topological polar surface area (TPSA) is 80.9 Å². The Hall–Kier alpha value is -2.08. The Bertz CT molecular complexity index is 601. The van der Waals surface area contributed by atoms with Gasteiger partial charge >= 0.3 is 0 Å². The Labute approximate surface area is 128 Å². The lowest BCUT2D eigenvalue weighted by Crippen LogP contribution is -2.27. The molecule has 1 heterocycles.